The Labute approximate surface area is 255 Å². The molecule has 10 nitrogen and oxygen atoms in total. The van der Waals surface area contributed by atoms with Gasteiger partial charge in [0.2, 0.25) is 21.8 Å². The van der Waals surface area contributed by atoms with Gasteiger partial charge < -0.3 is 10.2 Å². The third kappa shape index (κ3) is 8.67. The highest BCUT2D eigenvalue weighted by molar-refractivity contribution is 7.92. The fraction of sp³-hybridized carbons (Fsp3) is 0.310. The summed E-state index contributed by atoms with van der Waals surface area (Å²) in [6, 6.07) is 16.7. The average Bonchev–Trinajstić information content (AvgIpc) is 2.94. The van der Waals surface area contributed by atoms with Crippen LogP contribution in [0.3, 0.4) is 0 Å². The number of aryl methyl sites for hydroxylation is 1. The lowest BCUT2D eigenvalue weighted by molar-refractivity contribution is -0.384. The number of nitro benzene ring substituents is 1. The van der Waals surface area contributed by atoms with Crippen molar-refractivity contribution < 1.29 is 22.9 Å². The molecule has 224 valence electrons. The SMILES string of the molecule is CCCNC(=O)[C@H](Cc1ccccc1)N(Cc1ccc(Cl)c(Cl)c1)C(=O)CN(c1cc([N+](=O)[O-])ccc1C)S(C)(=O)=O. The highest BCUT2D eigenvalue weighted by atomic mass is 35.5. The van der Waals surface area contributed by atoms with Crippen molar-refractivity contribution in [1.82, 2.24) is 10.2 Å². The van der Waals surface area contributed by atoms with Crippen LogP contribution in [0.25, 0.3) is 0 Å². The molecule has 0 spiro atoms. The second kappa shape index (κ2) is 14.5. The first-order valence-corrected chi connectivity index (χ1v) is 15.7. The van der Waals surface area contributed by atoms with Gasteiger partial charge in [0.15, 0.2) is 0 Å². The second-order valence-electron chi connectivity index (χ2n) is 9.76. The molecule has 0 bridgehead atoms. The van der Waals surface area contributed by atoms with E-state index in [1.807, 2.05) is 37.3 Å². The molecule has 0 aliphatic rings. The Balaban J connectivity index is 2.11. The Morgan fingerprint density at radius 1 is 1.00 bits per heavy atom. The Bertz CT molecular complexity index is 1550. The van der Waals surface area contributed by atoms with E-state index >= 15 is 0 Å². The zero-order valence-corrected chi connectivity index (χ0v) is 25.7. The molecule has 0 heterocycles. The summed E-state index contributed by atoms with van der Waals surface area (Å²) in [5, 5.41) is 14.9. The maximum absolute atomic E-state index is 14.1. The molecular formula is C29H32Cl2N4O6S. The molecule has 42 heavy (non-hydrogen) atoms. The summed E-state index contributed by atoms with van der Waals surface area (Å²) in [5.41, 5.74) is 1.43. The number of halogens is 2. The molecule has 0 aliphatic carbocycles. The first kappa shape index (κ1) is 32.8. The van der Waals surface area contributed by atoms with Crippen LogP contribution in [0.4, 0.5) is 11.4 Å². The summed E-state index contributed by atoms with van der Waals surface area (Å²) >= 11 is 12.3. The van der Waals surface area contributed by atoms with Crippen molar-refractivity contribution in [2.45, 2.75) is 39.3 Å². The summed E-state index contributed by atoms with van der Waals surface area (Å²) in [5.74, 6) is -1.10. The van der Waals surface area contributed by atoms with Gasteiger partial charge in [0.1, 0.15) is 12.6 Å². The van der Waals surface area contributed by atoms with Crippen LogP contribution in [0, 0.1) is 17.0 Å². The fourth-order valence-electron chi connectivity index (χ4n) is 4.33. The van der Waals surface area contributed by atoms with Crippen molar-refractivity contribution in [3.63, 3.8) is 0 Å². The smallest absolute Gasteiger partial charge is 0.271 e. The molecule has 13 heteroatoms. The topological polar surface area (TPSA) is 130 Å². The van der Waals surface area contributed by atoms with Crippen molar-refractivity contribution in [2.24, 2.45) is 0 Å². The number of rotatable bonds is 13. The third-order valence-corrected chi connectivity index (χ3v) is 8.37. The Kier molecular flexibility index (Phi) is 11.3. The van der Waals surface area contributed by atoms with Gasteiger partial charge in [-0.1, -0.05) is 72.6 Å². The Morgan fingerprint density at radius 2 is 1.69 bits per heavy atom. The maximum atomic E-state index is 14.1. The summed E-state index contributed by atoms with van der Waals surface area (Å²) < 4.78 is 26.8. The molecular weight excluding hydrogens is 603 g/mol. The average molecular weight is 636 g/mol. The predicted molar refractivity (Wildman–Crippen MR) is 164 cm³/mol. The van der Waals surface area contributed by atoms with E-state index < -0.39 is 39.3 Å². The van der Waals surface area contributed by atoms with Crippen LogP contribution < -0.4 is 9.62 Å². The standard InChI is InChI=1S/C29H32Cl2N4O6S/c1-4-14-32-29(37)27(16-21-8-6-5-7-9-21)33(18-22-11-13-24(30)25(31)15-22)28(36)19-34(42(3,40)41)26-17-23(35(38)39)12-10-20(26)2/h5-13,15,17,27H,4,14,16,18-19H2,1-3H3,(H,32,37)/t27-/m0/s1. The summed E-state index contributed by atoms with van der Waals surface area (Å²) in [6.45, 7) is 3.08. The lowest BCUT2D eigenvalue weighted by atomic mass is 10.0. The van der Waals surface area contributed by atoms with Gasteiger partial charge in [-0.2, -0.15) is 0 Å². The zero-order valence-electron chi connectivity index (χ0n) is 23.4. The molecule has 0 radical (unpaired) electrons. The minimum Gasteiger partial charge on any atom is -0.354 e. The van der Waals surface area contributed by atoms with Crippen molar-refractivity contribution in [3.05, 3.63) is 104 Å². The number of amides is 2. The lowest BCUT2D eigenvalue weighted by Crippen LogP contribution is -2.53. The number of nitrogens with zero attached hydrogens (tertiary/aromatic N) is 3. The predicted octanol–water partition coefficient (Wildman–Crippen LogP) is 5.14. The van der Waals surface area contributed by atoms with Gasteiger partial charge in [0.25, 0.3) is 5.69 Å². The first-order valence-electron chi connectivity index (χ1n) is 13.1. The maximum Gasteiger partial charge on any atom is 0.271 e. The number of non-ortho nitro benzene ring substituents is 1. The van der Waals surface area contributed by atoms with Gasteiger partial charge in [-0.15, -0.1) is 0 Å². The Hall–Kier alpha value is -3.67. The molecule has 1 atom stereocenters. The van der Waals surface area contributed by atoms with Crippen LogP contribution >= 0.6 is 23.2 Å². The van der Waals surface area contributed by atoms with Gasteiger partial charge in [-0.05, 0) is 42.2 Å². The normalized spacial score (nSPS) is 11.9. The summed E-state index contributed by atoms with van der Waals surface area (Å²) in [7, 11) is -4.09. The number of anilines is 1. The van der Waals surface area contributed by atoms with Gasteiger partial charge in [0, 0.05) is 31.6 Å². The first-order chi connectivity index (χ1) is 19.8. The fourth-order valence-corrected chi connectivity index (χ4v) is 5.55. The molecule has 0 saturated carbocycles. The van der Waals surface area contributed by atoms with Crippen LogP contribution in [-0.4, -0.2) is 55.4 Å². The van der Waals surface area contributed by atoms with E-state index in [1.165, 1.54) is 17.0 Å². The number of nitro groups is 1. The largest absolute Gasteiger partial charge is 0.354 e. The van der Waals surface area contributed by atoms with Crippen molar-refractivity contribution in [1.29, 1.82) is 0 Å². The van der Waals surface area contributed by atoms with E-state index in [2.05, 4.69) is 5.32 Å². The van der Waals surface area contributed by atoms with E-state index in [0.717, 1.165) is 22.2 Å². The van der Waals surface area contributed by atoms with Gasteiger partial charge in [0.05, 0.1) is 26.9 Å². The number of hydrogen-bond acceptors (Lipinski definition) is 6. The monoisotopic (exact) mass is 634 g/mol. The van der Waals surface area contributed by atoms with E-state index in [0.29, 0.717) is 29.1 Å². The lowest BCUT2D eigenvalue weighted by Gasteiger charge is -2.33. The molecule has 0 saturated heterocycles. The minimum atomic E-state index is -4.09. The number of carbonyl (C=O) groups excluding carboxylic acids is 2. The van der Waals surface area contributed by atoms with Crippen LogP contribution in [0.2, 0.25) is 10.0 Å². The summed E-state index contributed by atoms with van der Waals surface area (Å²) in [4.78, 5) is 39.8. The number of sulfonamides is 1. The minimum absolute atomic E-state index is 0.00965. The van der Waals surface area contributed by atoms with E-state index in [1.54, 1.807) is 25.1 Å². The van der Waals surface area contributed by atoms with Crippen LogP contribution in [-0.2, 0) is 32.6 Å². The van der Waals surface area contributed by atoms with Crippen molar-refractivity contribution in [3.8, 4) is 0 Å². The molecule has 0 aliphatic heterocycles. The van der Waals surface area contributed by atoms with E-state index in [4.69, 9.17) is 23.2 Å². The number of hydrogen-bond donors (Lipinski definition) is 1. The molecule has 3 aromatic rings. The highest BCUT2D eigenvalue weighted by Crippen LogP contribution is 2.29. The number of nitrogens with one attached hydrogen (secondary N) is 1. The summed E-state index contributed by atoms with van der Waals surface area (Å²) in [6.07, 6.45) is 1.73. The quantitative estimate of drug-likeness (QED) is 0.205. The highest BCUT2D eigenvalue weighted by Gasteiger charge is 2.33. The molecule has 0 fully saturated rings. The van der Waals surface area contributed by atoms with Gasteiger partial charge in [-0.3, -0.25) is 24.0 Å². The number of benzene rings is 3. The van der Waals surface area contributed by atoms with Gasteiger partial charge >= 0.3 is 0 Å². The van der Waals surface area contributed by atoms with Crippen molar-refractivity contribution >= 4 is 56.4 Å². The molecule has 1 N–H and O–H groups in total. The molecule has 0 aromatic heterocycles. The molecule has 3 rings (SSSR count). The van der Waals surface area contributed by atoms with Crippen LogP contribution in [0.5, 0.6) is 0 Å². The molecule has 3 aromatic carbocycles. The van der Waals surface area contributed by atoms with E-state index in [9.17, 15) is 28.1 Å². The molecule has 2 amide bonds. The molecule has 0 unspecified atom stereocenters. The zero-order chi connectivity index (χ0) is 31.0. The van der Waals surface area contributed by atoms with Crippen molar-refractivity contribution in [2.75, 3.05) is 23.7 Å². The van der Waals surface area contributed by atoms with Crippen LogP contribution in [0.1, 0.15) is 30.0 Å². The van der Waals surface area contributed by atoms with Gasteiger partial charge in [-0.25, -0.2) is 8.42 Å². The Morgan fingerprint density at radius 3 is 2.29 bits per heavy atom. The third-order valence-electron chi connectivity index (χ3n) is 6.51. The number of carbonyl (C=O) groups is 2. The van der Waals surface area contributed by atoms with E-state index in [-0.39, 0.29) is 29.4 Å². The van der Waals surface area contributed by atoms with Crippen LogP contribution in [0.15, 0.2) is 66.7 Å². The second-order valence-corrected chi connectivity index (χ2v) is 12.5.